The summed E-state index contributed by atoms with van der Waals surface area (Å²) in [5, 5.41) is 0. The maximum Gasteiger partial charge on any atom is 0.127 e. The van der Waals surface area contributed by atoms with E-state index < -0.39 is 0 Å². The van der Waals surface area contributed by atoms with Gasteiger partial charge in [0.2, 0.25) is 0 Å². The molecule has 0 bridgehead atoms. The Bertz CT molecular complexity index is 2100. The molecule has 3 nitrogen and oxygen atoms in total. The Kier molecular flexibility index (Phi) is 58.4. The molecular formula is C74H102O3S. The second-order valence-electron chi connectivity index (χ2n) is 14.1. The maximum atomic E-state index is 5.58. The number of para-hydroxylation sites is 5. The topological polar surface area (TPSA) is 27.7 Å². The molecule has 0 amide bonds. The van der Waals surface area contributed by atoms with Crippen LogP contribution in [0.1, 0.15) is 136 Å². The van der Waals surface area contributed by atoms with Crippen LogP contribution in [0.3, 0.4) is 0 Å². The lowest BCUT2D eigenvalue weighted by Gasteiger charge is -2.25. The van der Waals surface area contributed by atoms with E-state index in [0.29, 0.717) is 0 Å². The highest BCUT2D eigenvalue weighted by Gasteiger charge is 2.21. The average molecular weight is 1070 g/mol. The third kappa shape index (κ3) is 38.3. The Morgan fingerprint density at radius 1 is 0.231 bits per heavy atom. The van der Waals surface area contributed by atoms with Gasteiger partial charge in [-0.15, -0.1) is 0 Å². The van der Waals surface area contributed by atoms with E-state index in [1.165, 1.54) is 20.9 Å². The van der Waals surface area contributed by atoms with E-state index in [0.717, 1.165) is 28.7 Å². The standard InChI is InChI=1S/C15H16.2C12H10O.C12H10S.C7H8O.8C2H6/c1-15(2,13-9-5-3-6-10-13)14-11-7-4-8-12-14;3*1-3-7-11(8-4-1)13-12-9-5-2-6-10-12;1-8-7-5-3-2-4-6-7;8*1-2/h3-12H,1-2H3;3*1-10H;2-6H,1H3;8*1-2H3. The lowest BCUT2D eigenvalue weighted by molar-refractivity contribution is 0.415. The van der Waals surface area contributed by atoms with Crippen LogP contribution >= 0.6 is 11.8 Å². The van der Waals surface area contributed by atoms with Gasteiger partial charge >= 0.3 is 0 Å². The van der Waals surface area contributed by atoms with Gasteiger partial charge in [0, 0.05) is 15.2 Å². The van der Waals surface area contributed by atoms with Crippen molar-refractivity contribution in [2.45, 2.75) is 140 Å². The molecule has 0 spiro atoms. The minimum Gasteiger partial charge on any atom is -0.497 e. The molecule has 0 unspecified atom stereocenters. The molecule has 9 aromatic carbocycles. The van der Waals surface area contributed by atoms with E-state index in [1.807, 2.05) is 275 Å². The molecule has 0 aliphatic carbocycles. The zero-order valence-electron chi connectivity index (χ0n) is 51.6. The average Bonchev–Trinajstić information content (AvgIpc) is 3.56. The van der Waals surface area contributed by atoms with Crippen molar-refractivity contribution in [3.05, 3.63) is 284 Å². The molecule has 0 aromatic heterocycles. The molecule has 0 aliphatic rings. The smallest absolute Gasteiger partial charge is 0.127 e. The summed E-state index contributed by atoms with van der Waals surface area (Å²) in [6.45, 7) is 36.5. The van der Waals surface area contributed by atoms with Crippen LogP contribution in [0.5, 0.6) is 28.7 Å². The molecule has 0 heterocycles. The molecule has 78 heavy (non-hydrogen) atoms. The quantitative estimate of drug-likeness (QED) is 0.144. The molecule has 0 saturated heterocycles. The van der Waals surface area contributed by atoms with Gasteiger partial charge in [0.15, 0.2) is 0 Å². The molecule has 0 radical (unpaired) electrons. The first-order valence-corrected chi connectivity index (χ1v) is 29.3. The first kappa shape index (κ1) is 77.2. The number of methoxy groups -OCH3 is 1. The predicted octanol–water partition coefficient (Wildman–Crippen LogP) is 24.7. The van der Waals surface area contributed by atoms with Crippen molar-refractivity contribution >= 4 is 11.8 Å². The molecule has 0 N–H and O–H groups in total. The highest BCUT2D eigenvalue weighted by Crippen LogP contribution is 2.31. The second kappa shape index (κ2) is 59.0. The first-order chi connectivity index (χ1) is 38.5. The van der Waals surface area contributed by atoms with Crippen molar-refractivity contribution < 1.29 is 14.2 Å². The van der Waals surface area contributed by atoms with Crippen LogP contribution < -0.4 is 14.2 Å². The summed E-state index contributed by atoms with van der Waals surface area (Å²) < 4.78 is 16.1. The van der Waals surface area contributed by atoms with E-state index in [-0.39, 0.29) is 5.41 Å². The summed E-state index contributed by atoms with van der Waals surface area (Å²) in [7, 11) is 1.66. The Morgan fingerprint density at radius 2 is 0.397 bits per heavy atom. The van der Waals surface area contributed by atoms with E-state index in [1.54, 1.807) is 18.9 Å². The minimum absolute atomic E-state index is 0.0858. The van der Waals surface area contributed by atoms with Crippen molar-refractivity contribution in [1.82, 2.24) is 0 Å². The third-order valence-corrected chi connectivity index (χ3v) is 10.2. The Morgan fingerprint density at radius 3 is 0.577 bits per heavy atom. The predicted molar refractivity (Wildman–Crippen MR) is 352 cm³/mol. The first-order valence-electron chi connectivity index (χ1n) is 28.5. The monoisotopic (exact) mass is 1070 g/mol. The van der Waals surface area contributed by atoms with Gasteiger partial charge in [0.1, 0.15) is 28.7 Å². The van der Waals surface area contributed by atoms with Crippen LogP contribution in [0.2, 0.25) is 0 Å². The van der Waals surface area contributed by atoms with Gasteiger partial charge in [-0.2, -0.15) is 0 Å². The molecule has 0 atom stereocenters. The summed E-state index contributed by atoms with van der Waals surface area (Å²) in [6.07, 6.45) is 0. The highest BCUT2D eigenvalue weighted by molar-refractivity contribution is 7.99. The van der Waals surface area contributed by atoms with Gasteiger partial charge in [-0.1, -0.05) is 324 Å². The van der Waals surface area contributed by atoms with Gasteiger partial charge in [-0.25, -0.2) is 0 Å². The van der Waals surface area contributed by atoms with E-state index >= 15 is 0 Å². The molecule has 9 aromatic rings. The Balaban J connectivity index is -0.000000414. The normalized spacial score (nSPS) is 8.50. The van der Waals surface area contributed by atoms with Gasteiger partial charge in [-0.05, 0) is 96.1 Å². The van der Waals surface area contributed by atoms with Gasteiger partial charge in [0.05, 0.1) is 7.11 Å². The van der Waals surface area contributed by atoms with E-state index in [9.17, 15) is 0 Å². The fraction of sp³-hybridized carbons (Fsp3) is 0.270. The molecule has 0 saturated carbocycles. The number of benzene rings is 9. The molecular weight excluding hydrogens is 969 g/mol. The summed E-state index contributed by atoms with van der Waals surface area (Å²) in [6, 6.07) is 90.8. The SMILES string of the molecule is CC.CC.CC.CC.CC.CC.CC.CC.CC(C)(c1ccccc1)c1ccccc1.COc1ccccc1.c1ccc(Oc2ccccc2)cc1.c1ccc(Oc2ccccc2)cc1.c1ccc(Sc2ccccc2)cc1. The Labute approximate surface area is 483 Å². The maximum absolute atomic E-state index is 5.58. The lowest BCUT2D eigenvalue weighted by atomic mass is 9.78. The van der Waals surface area contributed by atoms with Crippen LogP contribution in [0, 0.1) is 0 Å². The van der Waals surface area contributed by atoms with Crippen molar-refractivity contribution in [3.63, 3.8) is 0 Å². The molecule has 422 valence electrons. The fourth-order valence-electron chi connectivity index (χ4n) is 5.77. The Hall–Kier alpha value is -7.27. The van der Waals surface area contributed by atoms with Gasteiger partial charge in [-0.3, -0.25) is 0 Å². The third-order valence-electron chi connectivity index (χ3n) is 9.14. The van der Waals surface area contributed by atoms with Crippen LogP contribution in [0.25, 0.3) is 0 Å². The number of hydrogen-bond acceptors (Lipinski definition) is 4. The number of rotatable bonds is 9. The number of hydrogen-bond donors (Lipinski definition) is 0. The second-order valence-corrected chi connectivity index (χ2v) is 15.2. The van der Waals surface area contributed by atoms with Crippen molar-refractivity contribution in [2.75, 3.05) is 7.11 Å². The van der Waals surface area contributed by atoms with Crippen molar-refractivity contribution in [1.29, 1.82) is 0 Å². The summed E-state index contributed by atoms with van der Waals surface area (Å²) in [5.41, 5.74) is 2.80. The minimum atomic E-state index is 0.0858. The number of ether oxygens (including phenoxy) is 3. The summed E-state index contributed by atoms with van der Waals surface area (Å²) in [5.74, 6) is 4.39. The van der Waals surface area contributed by atoms with Crippen LogP contribution in [0.4, 0.5) is 0 Å². The molecule has 4 heteroatoms. The summed E-state index contributed by atoms with van der Waals surface area (Å²) >= 11 is 1.79. The van der Waals surface area contributed by atoms with E-state index in [4.69, 9.17) is 14.2 Å². The molecule has 9 rings (SSSR count). The van der Waals surface area contributed by atoms with Gasteiger partial charge < -0.3 is 14.2 Å². The van der Waals surface area contributed by atoms with Gasteiger partial charge in [0.25, 0.3) is 0 Å². The lowest BCUT2D eigenvalue weighted by Crippen LogP contribution is -2.18. The van der Waals surface area contributed by atoms with Crippen LogP contribution in [-0.2, 0) is 5.41 Å². The molecule has 0 aliphatic heterocycles. The van der Waals surface area contributed by atoms with Crippen molar-refractivity contribution in [2.24, 2.45) is 0 Å². The zero-order valence-corrected chi connectivity index (χ0v) is 52.4. The zero-order chi connectivity index (χ0) is 59.3. The summed E-state index contributed by atoms with van der Waals surface area (Å²) in [4.78, 5) is 2.57. The van der Waals surface area contributed by atoms with Crippen LogP contribution in [0.15, 0.2) is 283 Å². The van der Waals surface area contributed by atoms with Crippen LogP contribution in [-0.4, -0.2) is 7.11 Å². The highest BCUT2D eigenvalue weighted by atomic mass is 32.2. The van der Waals surface area contributed by atoms with E-state index in [2.05, 4.69) is 123 Å². The fourth-order valence-corrected chi connectivity index (χ4v) is 6.63. The van der Waals surface area contributed by atoms with Crippen molar-refractivity contribution in [3.8, 4) is 28.7 Å². The largest absolute Gasteiger partial charge is 0.497 e. The molecule has 0 fully saturated rings.